The van der Waals surface area contributed by atoms with Crippen molar-refractivity contribution in [3.05, 3.63) is 42.2 Å². The smallest absolute Gasteiger partial charge is 0.191 e. The number of anilines is 1. The van der Waals surface area contributed by atoms with Crippen LogP contribution in [-0.4, -0.2) is 54.6 Å². The summed E-state index contributed by atoms with van der Waals surface area (Å²) in [5.74, 6) is 1.72. The fourth-order valence-electron chi connectivity index (χ4n) is 3.49. The first-order chi connectivity index (χ1) is 13.5. The fourth-order valence-corrected chi connectivity index (χ4v) is 3.49. The van der Waals surface area contributed by atoms with Gasteiger partial charge in [-0.25, -0.2) is 0 Å². The molecule has 160 valence electrons. The average Bonchev–Trinajstić information content (AvgIpc) is 3.12. The maximum Gasteiger partial charge on any atom is 0.191 e. The van der Waals surface area contributed by atoms with Crippen molar-refractivity contribution in [1.82, 2.24) is 20.4 Å². The molecule has 1 saturated heterocycles. The summed E-state index contributed by atoms with van der Waals surface area (Å²) in [6.07, 6.45) is 6.32. The van der Waals surface area contributed by atoms with Gasteiger partial charge in [-0.05, 0) is 44.4 Å². The van der Waals surface area contributed by atoms with Crippen molar-refractivity contribution < 1.29 is 4.74 Å². The molecule has 2 atom stereocenters. The Balaban J connectivity index is 0.00000300. The first-order valence-electron chi connectivity index (χ1n) is 9.97. The Hall–Kier alpha value is -1.97. The van der Waals surface area contributed by atoms with E-state index in [1.54, 1.807) is 0 Å². The Morgan fingerprint density at radius 2 is 2.24 bits per heavy atom. The Bertz CT molecular complexity index is 793. The van der Waals surface area contributed by atoms with Crippen LogP contribution < -0.4 is 20.3 Å². The molecule has 0 spiro atoms. The molecule has 1 fully saturated rings. The zero-order chi connectivity index (χ0) is 19.9. The summed E-state index contributed by atoms with van der Waals surface area (Å²) in [6, 6.07) is 8.49. The van der Waals surface area contributed by atoms with Gasteiger partial charge in [0.1, 0.15) is 11.9 Å². The fraction of sp³-hybridized carbons (Fsp3) is 0.524. The number of benzene rings is 1. The van der Waals surface area contributed by atoms with Crippen LogP contribution in [0.4, 0.5) is 5.69 Å². The first-order valence-corrected chi connectivity index (χ1v) is 9.97. The second-order valence-electron chi connectivity index (χ2n) is 7.50. The number of nitrogens with zero attached hydrogens (tertiary/aromatic N) is 4. The molecule has 2 aromatic rings. The van der Waals surface area contributed by atoms with Gasteiger partial charge < -0.3 is 20.3 Å². The van der Waals surface area contributed by atoms with E-state index >= 15 is 0 Å². The van der Waals surface area contributed by atoms with E-state index < -0.39 is 0 Å². The lowest BCUT2D eigenvalue weighted by atomic mass is 10.1. The van der Waals surface area contributed by atoms with Crippen molar-refractivity contribution in [2.45, 2.75) is 38.8 Å². The van der Waals surface area contributed by atoms with Gasteiger partial charge in [0.25, 0.3) is 0 Å². The number of aromatic nitrogens is 2. The highest BCUT2D eigenvalue weighted by atomic mass is 127. The summed E-state index contributed by atoms with van der Waals surface area (Å²) in [7, 11) is 3.76. The lowest BCUT2D eigenvalue weighted by Gasteiger charge is -2.34. The molecule has 3 rings (SSSR count). The van der Waals surface area contributed by atoms with E-state index in [1.165, 1.54) is 11.3 Å². The first kappa shape index (κ1) is 23.3. The number of hydrogen-bond donors (Lipinski definition) is 2. The second kappa shape index (κ2) is 11.3. The van der Waals surface area contributed by atoms with Crippen LogP contribution >= 0.6 is 24.0 Å². The lowest BCUT2D eigenvalue weighted by Crippen LogP contribution is -2.52. The van der Waals surface area contributed by atoms with Gasteiger partial charge in [-0.2, -0.15) is 5.10 Å². The van der Waals surface area contributed by atoms with E-state index in [4.69, 9.17) is 4.74 Å². The molecule has 1 aromatic heterocycles. The molecule has 2 unspecified atom stereocenters. The van der Waals surface area contributed by atoms with E-state index in [9.17, 15) is 0 Å². The molecule has 1 aliphatic rings. The SMILES string of the molecule is CN=C(NCC(C)Oc1cccc(C)c1)NC1CCCN(c2cnn(C)c2)C1.I. The average molecular weight is 512 g/mol. The Kier molecular flexibility index (Phi) is 9.06. The molecular weight excluding hydrogens is 479 g/mol. The third kappa shape index (κ3) is 7.09. The summed E-state index contributed by atoms with van der Waals surface area (Å²) in [4.78, 5) is 6.76. The highest BCUT2D eigenvalue weighted by Gasteiger charge is 2.22. The Morgan fingerprint density at radius 3 is 2.93 bits per heavy atom. The standard InChI is InChI=1S/C21H32N6O.HI/c1-16-7-5-9-20(11-16)28-17(2)12-23-21(22-3)25-18-8-6-10-27(14-18)19-13-24-26(4)15-19;/h5,7,9,11,13,15,17-18H,6,8,10,12,14H2,1-4H3,(H2,22,23,25);1H. The van der Waals surface area contributed by atoms with Crippen molar-refractivity contribution in [2.75, 3.05) is 31.6 Å². The van der Waals surface area contributed by atoms with Crippen LogP contribution in [0.3, 0.4) is 0 Å². The van der Waals surface area contributed by atoms with Gasteiger partial charge in [0, 0.05) is 39.4 Å². The van der Waals surface area contributed by atoms with Gasteiger partial charge in [-0.3, -0.25) is 9.67 Å². The van der Waals surface area contributed by atoms with E-state index in [0.717, 1.165) is 37.6 Å². The largest absolute Gasteiger partial charge is 0.489 e. The van der Waals surface area contributed by atoms with Crippen LogP contribution in [0.1, 0.15) is 25.3 Å². The minimum Gasteiger partial charge on any atom is -0.489 e. The summed E-state index contributed by atoms with van der Waals surface area (Å²) in [5.41, 5.74) is 2.38. The molecule has 0 saturated carbocycles. The molecular formula is C21H33IN6O. The van der Waals surface area contributed by atoms with E-state index in [2.05, 4.69) is 57.8 Å². The number of aliphatic imine (C=N–C) groups is 1. The number of piperidine rings is 1. The molecule has 29 heavy (non-hydrogen) atoms. The molecule has 0 aliphatic carbocycles. The molecule has 0 bridgehead atoms. The zero-order valence-corrected chi connectivity index (χ0v) is 20.1. The summed E-state index contributed by atoms with van der Waals surface area (Å²) in [5, 5.41) is 11.2. The predicted octanol–water partition coefficient (Wildman–Crippen LogP) is 2.95. The second-order valence-corrected chi connectivity index (χ2v) is 7.50. The van der Waals surface area contributed by atoms with Crippen molar-refractivity contribution >= 4 is 35.6 Å². The van der Waals surface area contributed by atoms with Gasteiger partial charge in [-0.15, -0.1) is 24.0 Å². The minimum atomic E-state index is 0. The monoisotopic (exact) mass is 512 g/mol. The number of rotatable bonds is 6. The van der Waals surface area contributed by atoms with Crippen molar-refractivity contribution in [3.63, 3.8) is 0 Å². The van der Waals surface area contributed by atoms with Gasteiger partial charge in [0.05, 0.1) is 18.4 Å². The van der Waals surface area contributed by atoms with Crippen LogP contribution in [0, 0.1) is 6.92 Å². The molecule has 1 aromatic carbocycles. The van der Waals surface area contributed by atoms with Gasteiger partial charge in [-0.1, -0.05) is 12.1 Å². The van der Waals surface area contributed by atoms with Gasteiger partial charge in [0.2, 0.25) is 0 Å². The number of nitrogens with one attached hydrogen (secondary N) is 2. The molecule has 0 radical (unpaired) electrons. The van der Waals surface area contributed by atoms with Gasteiger partial charge in [0.15, 0.2) is 5.96 Å². The number of halogens is 1. The summed E-state index contributed by atoms with van der Waals surface area (Å²) in [6.45, 7) is 6.83. The molecule has 7 nitrogen and oxygen atoms in total. The highest BCUT2D eigenvalue weighted by molar-refractivity contribution is 14.0. The third-order valence-electron chi connectivity index (χ3n) is 4.93. The maximum absolute atomic E-state index is 5.99. The maximum atomic E-state index is 5.99. The van der Waals surface area contributed by atoms with Gasteiger partial charge >= 0.3 is 0 Å². The third-order valence-corrected chi connectivity index (χ3v) is 4.93. The normalized spacial score (nSPS) is 18.0. The van der Waals surface area contributed by atoms with Crippen LogP contribution in [0.25, 0.3) is 0 Å². The number of guanidine groups is 1. The van der Waals surface area contributed by atoms with Crippen LogP contribution in [0.5, 0.6) is 5.75 Å². The van der Waals surface area contributed by atoms with Crippen molar-refractivity contribution in [2.24, 2.45) is 12.0 Å². The summed E-state index contributed by atoms with van der Waals surface area (Å²) < 4.78 is 7.84. The number of hydrogen-bond acceptors (Lipinski definition) is 4. The predicted molar refractivity (Wildman–Crippen MR) is 130 cm³/mol. The van der Waals surface area contributed by atoms with Crippen molar-refractivity contribution in [1.29, 1.82) is 0 Å². The van der Waals surface area contributed by atoms with E-state index in [-0.39, 0.29) is 30.1 Å². The molecule has 8 heteroatoms. The highest BCUT2D eigenvalue weighted by Crippen LogP contribution is 2.19. The Labute approximate surface area is 190 Å². The van der Waals surface area contributed by atoms with E-state index in [1.807, 2.05) is 37.1 Å². The van der Waals surface area contributed by atoms with Crippen molar-refractivity contribution in [3.8, 4) is 5.75 Å². The minimum absolute atomic E-state index is 0. The van der Waals surface area contributed by atoms with Crippen LogP contribution in [0.15, 0.2) is 41.7 Å². The molecule has 2 heterocycles. The quantitative estimate of drug-likeness (QED) is 0.354. The lowest BCUT2D eigenvalue weighted by molar-refractivity contribution is 0.223. The molecule has 2 N–H and O–H groups in total. The Morgan fingerprint density at radius 1 is 1.41 bits per heavy atom. The molecule has 0 amide bonds. The zero-order valence-electron chi connectivity index (χ0n) is 17.8. The number of aryl methyl sites for hydroxylation is 2. The van der Waals surface area contributed by atoms with Crippen LogP contribution in [-0.2, 0) is 7.05 Å². The summed E-state index contributed by atoms with van der Waals surface area (Å²) >= 11 is 0. The number of ether oxygens (including phenoxy) is 1. The van der Waals surface area contributed by atoms with Crippen LogP contribution in [0.2, 0.25) is 0 Å². The topological polar surface area (TPSA) is 66.7 Å². The molecule has 1 aliphatic heterocycles. The van der Waals surface area contributed by atoms with E-state index in [0.29, 0.717) is 12.6 Å².